The summed E-state index contributed by atoms with van der Waals surface area (Å²) in [6.45, 7) is 8.93. The maximum absolute atomic E-state index is 11.7. The van der Waals surface area contributed by atoms with Gasteiger partial charge < -0.3 is 15.4 Å². The highest BCUT2D eigenvalue weighted by Gasteiger charge is 2.18. The van der Waals surface area contributed by atoms with Gasteiger partial charge in [0.15, 0.2) is 0 Å². The van der Waals surface area contributed by atoms with Gasteiger partial charge in [-0.3, -0.25) is 4.98 Å². The molecule has 1 amide bonds. The predicted molar refractivity (Wildman–Crippen MR) is 87.1 cm³/mol. The van der Waals surface area contributed by atoms with Crippen LogP contribution in [0.15, 0.2) is 22.8 Å². The summed E-state index contributed by atoms with van der Waals surface area (Å²) in [6, 6.07) is 3.95. The minimum absolute atomic E-state index is 0.0373. The summed E-state index contributed by atoms with van der Waals surface area (Å²) in [6.07, 6.45) is 2.23. The largest absolute Gasteiger partial charge is 0.444 e. The van der Waals surface area contributed by atoms with Crippen molar-refractivity contribution in [2.45, 2.75) is 52.3 Å². The number of ether oxygens (including phenoxy) is 1. The second-order valence-corrected chi connectivity index (χ2v) is 6.77. The monoisotopic (exact) mass is 357 g/mol. The molecule has 1 rings (SSSR count). The standard InChI is InChI=1S/C15H24BrN3O2/c1-5-12(19-14(20)21-15(2,3)4)9-17-10-13-7-6-11(16)8-18-13/h6-8,12,17H,5,9-10H2,1-4H3,(H,19,20). The van der Waals surface area contributed by atoms with Gasteiger partial charge >= 0.3 is 6.09 Å². The van der Waals surface area contributed by atoms with Crippen LogP contribution in [0.4, 0.5) is 4.79 Å². The zero-order valence-electron chi connectivity index (χ0n) is 13.1. The summed E-state index contributed by atoms with van der Waals surface area (Å²) in [5, 5.41) is 6.16. The minimum Gasteiger partial charge on any atom is -0.444 e. The van der Waals surface area contributed by atoms with Gasteiger partial charge in [-0.05, 0) is 55.3 Å². The molecule has 0 spiro atoms. The molecule has 0 radical (unpaired) electrons. The van der Waals surface area contributed by atoms with E-state index in [0.717, 1.165) is 16.6 Å². The van der Waals surface area contributed by atoms with Gasteiger partial charge in [-0.15, -0.1) is 0 Å². The Morgan fingerprint density at radius 3 is 2.67 bits per heavy atom. The number of hydrogen-bond acceptors (Lipinski definition) is 4. The lowest BCUT2D eigenvalue weighted by atomic mass is 10.2. The Bertz CT molecular complexity index is 443. The quantitative estimate of drug-likeness (QED) is 0.820. The number of amides is 1. The summed E-state index contributed by atoms with van der Waals surface area (Å²) in [7, 11) is 0. The Labute approximate surface area is 135 Å². The third kappa shape index (κ3) is 8.02. The Morgan fingerprint density at radius 1 is 1.43 bits per heavy atom. The van der Waals surface area contributed by atoms with E-state index in [-0.39, 0.29) is 12.1 Å². The van der Waals surface area contributed by atoms with Crippen molar-refractivity contribution in [2.24, 2.45) is 0 Å². The number of carbonyl (C=O) groups excluding carboxylic acids is 1. The van der Waals surface area contributed by atoms with Gasteiger partial charge in [0.1, 0.15) is 5.60 Å². The smallest absolute Gasteiger partial charge is 0.407 e. The molecule has 1 aromatic rings. The van der Waals surface area contributed by atoms with E-state index in [1.54, 1.807) is 6.20 Å². The van der Waals surface area contributed by atoms with Crippen molar-refractivity contribution in [3.8, 4) is 0 Å². The molecule has 1 heterocycles. The molecule has 1 atom stereocenters. The summed E-state index contributed by atoms with van der Waals surface area (Å²) >= 11 is 3.35. The SMILES string of the molecule is CCC(CNCc1ccc(Br)cn1)NC(=O)OC(C)(C)C. The molecule has 1 aromatic heterocycles. The highest BCUT2D eigenvalue weighted by atomic mass is 79.9. The number of hydrogen-bond donors (Lipinski definition) is 2. The number of pyridine rings is 1. The third-order valence-electron chi connectivity index (χ3n) is 2.70. The van der Waals surface area contributed by atoms with E-state index in [1.165, 1.54) is 0 Å². The molecule has 1 unspecified atom stereocenters. The molecule has 5 nitrogen and oxygen atoms in total. The maximum atomic E-state index is 11.7. The zero-order valence-corrected chi connectivity index (χ0v) is 14.7. The van der Waals surface area contributed by atoms with Gasteiger partial charge in [0.2, 0.25) is 0 Å². The van der Waals surface area contributed by atoms with Gasteiger partial charge in [-0.2, -0.15) is 0 Å². The van der Waals surface area contributed by atoms with E-state index in [1.807, 2.05) is 39.8 Å². The van der Waals surface area contributed by atoms with E-state index in [4.69, 9.17) is 4.74 Å². The lowest BCUT2D eigenvalue weighted by molar-refractivity contribution is 0.0502. The van der Waals surface area contributed by atoms with Crippen molar-refractivity contribution in [3.63, 3.8) is 0 Å². The van der Waals surface area contributed by atoms with Crippen LogP contribution in [0.2, 0.25) is 0 Å². The fourth-order valence-electron chi connectivity index (χ4n) is 1.66. The molecule has 118 valence electrons. The van der Waals surface area contributed by atoms with Crippen molar-refractivity contribution in [1.82, 2.24) is 15.6 Å². The normalized spacial score (nSPS) is 12.8. The molecule has 21 heavy (non-hydrogen) atoms. The van der Waals surface area contributed by atoms with Gasteiger partial charge in [0.05, 0.1) is 5.69 Å². The number of nitrogens with zero attached hydrogens (tertiary/aromatic N) is 1. The average molecular weight is 358 g/mol. The molecule has 6 heteroatoms. The highest BCUT2D eigenvalue weighted by Crippen LogP contribution is 2.08. The van der Waals surface area contributed by atoms with Crippen LogP contribution in [0, 0.1) is 0 Å². The van der Waals surface area contributed by atoms with Crippen LogP contribution in [0.3, 0.4) is 0 Å². The van der Waals surface area contributed by atoms with E-state index in [2.05, 4.69) is 31.5 Å². The lowest BCUT2D eigenvalue weighted by Crippen LogP contribution is -2.43. The number of carbonyl (C=O) groups is 1. The fourth-order valence-corrected chi connectivity index (χ4v) is 1.89. The maximum Gasteiger partial charge on any atom is 0.407 e. The molecule has 0 bridgehead atoms. The third-order valence-corrected chi connectivity index (χ3v) is 3.17. The summed E-state index contributed by atoms with van der Waals surface area (Å²) in [5.74, 6) is 0. The van der Waals surface area contributed by atoms with Crippen molar-refractivity contribution in [1.29, 1.82) is 0 Å². The van der Waals surface area contributed by atoms with Crippen molar-refractivity contribution < 1.29 is 9.53 Å². The first-order chi connectivity index (χ1) is 9.80. The first-order valence-corrected chi connectivity index (χ1v) is 7.90. The highest BCUT2D eigenvalue weighted by molar-refractivity contribution is 9.10. The van der Waals surface area contributed by atoms with E-state index in [0.29, 0.717) is 13.1 Å². The Kier molecular flexibility index (Phi) is 7.11. The molecule has 0 saturated heterocycles. The van der Waals surface area contributed by atoms with Crippen LogP contribution < -0.4 is 10.6 Å². The van der Waals surface area contributed by atoms with Gasteiger partial charge in [-0.25, -0.2) is 4.79 Å². The average Bonchev–Trinajstić information content (AvgIpc) is 2.37. The lowest BCUT2D eigenvalue weighted by Gasteiger charge is -2.23. The van der Waals surface area contributed by atoms with Crippen LogP contribution in [-0.4, -0.2) is 29.3 Å². The molecule has 0 aromatic carbocycles. The van der Waals surface area contributed by atoms with Gasteiger partial charge in [0.25, 0.3) is 0 Å². The summed E-state index contributed by atoms with van der Waals surface area (Å²) in [5.41, 5.74) is 0.488. The van der Waals surface area contributed by atoms with Crippen LogP contribution in [-0.2, 0) is 11.3 Å². The van der Waals surface area contributed by atoms with Gasteiger partial charge in [-0.1, -0.05) is 6.92 Å². The predicted octanol–water partition coefficient (Wildman–Crippen LogP) is 3.24. The van der Waals surface area contributed by atoms with Gasteiger partial charge in [0, 0.05) is 29.8 Å². The Hall–Kier alpha value is -1.14. The fraction of sp³-hybridized carbons (Fsp3) is 0.600. The molecule has 0 saturated carbocycles. The molecule has 0 fully saturated rings. The van der Waals surface area contributed by atoms with E-state index >= 15 is 0 Å². The van der Waals surface area contributed by atoms with E-state index in [9.17, 15) is 4.79 Å². The second-order valence-electron chi connectivity index (χ2n) is 5.85. The van der Waals surface area contributed by atoms with Crippen LogP contribution in [0.25, 0.3) is 0 Å². The topological polar surface area (TPSA) is 63.2 Å². The molecule has 0 aliphatic heterocycles. The van der Waals surface area contributed by atoms with E-state index < -0.39 is 5.60 Å². The molecular formula is C15H24BrN3O2. The van der Waals surface area contributed by atoms with Crippen LogP contribution in [0.5, 0.6) is 0 Å². The van der Waals surface area contributed by atoms with Crippen LogP contribution in [0.1, 0.15) is 39.8 Å². The Balaban J connectivity index is 2.34. The zero-order chi connectivity index (χ0) is 15.9. The van der Waals surface area contributed by atoms with Crippen LogP contribution >= 0.6 is 15.9 Å². The number of nitrogens with one attached hydrogen (secondary N) is 2. The number of halogens is 1. The molecule has 0 aliphatic carbocycles. The summed E-state index contributed by atoms with van der Waals surface area (Å²) in [4.78, 5) is 16.0. The second kappa shape index (κ2) is 8.34. The summed E-state index contributed by atoms with van der Waals surface area (Å²) < 4.78 is 6.21. The van der Waals surface area contributed by atoms with Crippen molar-refractivity contribution in [2.75, 3.05) is 6.54 Å². The number of aromatic nitrogens is 1. The Morgan fingerprint density at radius 2 is 2.14 bits per heavy atom. The minimum atomic E-state index is -0.475. The first-order valence-electron chi connectivity index (χ1n) is 7.11. The molecular weight excluding hydrogens is 334 g/mol. The number of alkyl carbamates (subject to hydrolysis) is 1. The number of rotatable bonds is 6. The first kappa shape index (κ1) is 17.9. The molecule has 0 aliphatic rings. The van der Waals surface area contributed by atoms with Crippen molar-refractivity contribution >= 4 is 22.0 Å². The van der Waals surface area contributed by atoms with Crippen molar-refractivity contribution in [3.05, 3.63) is 28.5 Å². The molecule has 2 N–H and O–H groups in total.